The molecule has 0 N–H and O–H groups in total. The van der Waals surface area contributed by atoms with Crippen LogP contribution in [0.5, 0.6) is 0 Å². The molecule has 0 saturated heterocycles. The summed E-state index contributed by atoms with van der Waals surface area (Å²) in [7, 11) is 0. The Bertz CT molecular complexity index is 3540. The van der Waals surface area contributed by atoms with Crippen LogP contribution in [0.4, 0.5) is 0 Å². The quantitative estimate of drug-likeness (QED) is 0.178. The molecule has 0 radical (unpaired) electrons. The third-order valence-corrected chi connectivity index (χ3v) is 14.1. The lowest BCUT2D eigenvalue weighted by Crippen LogP contribution is -2.29. The van der Waals surface area contributed by atoms with Gasteiger partial charge in [-0.3, -0.25) is 0 Å². The SMILES string of the molecule is c1ccc(-c2cccc(-c3nc(-c4ccc5c(c4)C4(c6ccccc6-c6ccccc6-c6ccccc64)c4ccccc4-5)nc(-c4ccc5c(c4)sc4ccccc45)n3)c2)cc1. The highest BCUT2D eigenvalue weighted by molar-refractivity contribution is 7.25. The second-order valence-electron chi connectivity index (χ2n) is 16.3. The minimum atomic E-state index is -0.608. The number of hydrogen-bond donors (Lipinski definition) is 0. The molecular weight excluding hydrogens is 771 g/mol. The first-order chi connectivity index (χ1) is 30.7. The maximum absolute atomic E-state index is 5.37. The fourth-order valence-corrected chi connectivity index (χ4v) is 11.4. The van der Waals surface area contributed by atoms with E-state index < -0.39 is 5.41 Å². The third kappa shape index (κ3) is 5.14. The number of thiophene rings is 1. The van der Waals surface area contributed by atoms with Crippen LogP contribution in [-0.2, 0) is 5.41 Å². The number of aromatic nitrogens is 3. The monoisotopic (exact) mass is 805 g/mol. The highest BCUT2D eigenvalue weighted by Gasteiger charge is 2.49. The van der Waals surface area contributed by atoms with Gasteiger partial charge in [-0.2, -0.15) is 0 Å². The van der Waals surface area contributed by atoms with E-state index in [0.29, 0.717) is 17.5 Å². The van der Waals surface area contributed by atoms with Crippen LogP contribution in [0.15, 0.2) is 212 Å². The Morgan fingerprint density at radius 1 is 0.274 bits per heavy atom. The van der Waals surface area contributed by atoms with Crippen LogP contribution in [0.3, 0.4) is 0 Å². The lowest BCUT2D eigenvalue weighted by atomic mass is 9.66. The molecule has 0 atom stereocenters. The summed E-state index contributed by atoms with van der Waals surface area (Å²) in [4.78, 5) is 16.0. The minimum Gasteiger partial charge on any atom is -0.208 e. The minimum absolute atomic E-state index is 0.608. The Hall–Kier alpha value is -7.79. The molecule has 0 fully saturated rings. The predicted octanol–water partition coefficient (Wildman–Crippen LogP) is 14.9. The molecule has 2 heterocycles. The largest absolute Gasteiger partial charge is 0.208 e. The van der Waals surface area contributed by atoms with Gasteiger partial charge in [-0.15, -0.1) is 11.3 Å². The van der Waals surface area contributed by atoms with Crippen molar-refractivity contribution in [2.45, 2.75) is 5.41 Å². The molecule has 4 heteroatoms. The van der Waals surface area contributed by atoms with Gasteiger partial charge in [0.25, 0.3) is 0 Å². The van der Waals surface area contributed by atoms with Crippen molar-refractivity contribution in [2.24, 2.45) is 0 Å². The van der Waals surface area contributed by atoms with Crippen molar-refractivity contribution in [3.63, 3.8) is 0 Å². The van der Waals surface area contributed by atoms with E-state index in [0.717, 1.165) is 27.8 Å². The first kappa shape index (κ1) is 35.0. The summed E-state index contributed by atoms with van der Waals surface area (Å²) in [5.74, 6) is 1.92. The fraction of sp³-hybridized carbons (Fsp3) is 0.0172. The van der Waals surface area contributed by atoms with Gasteiger partial charge in [0, 0.05) is 36.9 Å². The zero-order valence-corrected chi connectivity index (χ0v) is 34.3. The topological polar surface area (TPSA) is 38.7 Å². The van der Waals surface area contributed by atoms with Crippen LogP contribution in [0.1, 0.15) is 22.3 Å². The van der Waals surface area contributed by atoms with Gasteiger partial charge in [0.1, 0.15) is 0 Å². The summed E-state index contributed by atoms with van der Waals surface area (Å²) < 4.78 is 2.48. The van der Waals surface area contributed by atoms with Crippen molar-refractivity contribution >= 4 is 31.5 Å². The number of nitrogens with zero attached hydrogens (tertiary/aromatic N) is 3. The first-order valence-electron chi connectivity index (χ1n) is 21.1. The first-order valence-corrected chi connectivity index (χ1v) is 21.9. The Labute approximate surface area is 363 Å². The summed E-state index contributed by atoms with van der Waals surface area (Å²) in [6.07, 6.45) is 0. The Morgan fingerprint density at radius 2 is 0.726 bits per heavy atom. The van der Waals surface area contributed by atoms with Crippen LogP contribution in [0.25, 0.3) is 98.8 Å². The van der Waals surface area contributed by atoms with Crippen molar-refractivity contribution < 1.29 is 0 Å². The lowest BCUT2D eigenvalue weighted by molar-refractivity contribution is 0.775. The van der Waals surface area contributed by atoms with Crippen molar-refractivity contribution in [2.75, 3.05) is 0 Å². The molecule has 0 aliphatic heterocycles. The van der Waals surface area contributed by atoms with Crippen LogP contribution < -0.4 is 0 Å². The lowest BCUT2D eigenvalue weighted by Gasteiger charge is -2.35. The van der Waals surface area contributed by atoms with E-state index in [1.54, 1.807) is 11.3 Å². The van der Waals surface area contributed by atoms with Crippen LogP contribution >= 0.6 is 11.3 Å². The van der Waals surface area contributed by atoms with Crippen molar-refractivity contribution in [1.82, 2.24) is 15.0 Å². The van der Waals surface area contributed by atoms with E-state index in [-0.39, 0.29) is 0 Å². The molecule has 2 aliphatic rings. The second-order valence-corrected chi connectivity index (χ2v) is 17.3. The molecule has 9 aromatic carbocycles. The van der Waals surface area contributed by atoms with Gasteiger partial charge in [0.15, 0.2) is 17.5 Å². The number of benzene rings is 9. The third-order valence-electron chi connectivity index (χ3n) is 13.0. The molecule has 0 amide bonds. The smallest absolute Gasteiger partial charge is 0.164 e. The van der Waals surface area contributed by atoms with Gasteiger partial charge in [-0.05, 0) is 91.0 Å². The normalized spacial score (nSPS) is 13.0. The molecule has 13 rings (SSSR count). The summed E-state index contributed by atoms with van der Waals surface area (Å²) in [6.45, 7) is 0. The summed E-state index contributed by atoms with van der Waals surface area (Å²) >= 11 is 1.81. The van der Waals surface area contributed by atoms with Crippen molar-refractivity contribution in [3.05, 3.63) is 235 Å². The van der Waals surface area contributed by atoms with Crippen LogP contribution in [-0.4, -0.2) is 15.0 Å². The van der Waals surface area contributed by atoms with E-state index in [9.17, 15) is 0 Å². The molecule has 2 aliphatic carbocycles. The van der Waals surface area contributed by atoms with E-state index in [1.807, 2.05) is 0 Å². The summed E-state index contributed by atoms with van der Waals surface area (Å²) in [5.41, 5.74) is 17.0. The average molecular weight is 806 g/mol. The Kier molecular flexibility index (Phi) is 7.69. The van der Waals surface area contributed by atoms with Gasteiger partial charge in [0.2, 0.25) is 0 Å². The van der Waals surface area contributed by atoms with Gasteiger partial charge < -0.3 is 0 Å². The fourth-order valence-electron chi connectivity index (χ4n) is 10.3. The van der Waals surface area contributed by atoms with E-state index >= 15 is 0 Å². The van der Waals surface area contributed by atoms with Crippen molar-refractivity contribution in [1.29, 1.82) is 0 Å². The van der Waals surface area contributed by atoms with Gasteiger partial charge in [-0.1, -0.05) is 188 Å². The van der Waals surface area contributed by atoms with Crippen LogP contribution in [0.2, 0.25) is 0 Å². The molecule has 11 aromatic rings. The molecule has 2 aromatic heterocycles. The van der Waals surface area contributed by atoms with Gasteiger partial charge >= 0.3 is 0 Å². The Morgan fingerprint density at radius 3 is 1.39 bits per heavy atom. The van der Waals surface area contributed by atoms with Crippen molar-refractivity contribution in [3.8, 4) is 78.7 Å². The van der Waals surface area contributed by atoms with E-state index in [1.165, 1.54) is 75.8 Å². The van der Waals surface area contributed by atoms with Gasteiger partial charge in [-0.25, -0.2) is 15.0 Å². The van der Waals surface area contributed by atoms with E-state index in [4.69, 9.17) is 15.0 Å². The molecule has 0 bridgehead atoms. The molecule has 288 valence electrons. The summed E-state index contributed by atoms with van der Waals surface area (Å²) in [5, 5.41) is 2.51. The molecular formula is C58H35N3S. The molecule has 0 unspecified atom stereocenters. The van der Waals surface area contributed by atoms with Gasteiger partial charge in [0.05, 0.1) is 5.41 Å². The maximum atomic E-state index is 5.37. The molecule has 1 spiro atoms. The number of rotatable bonds is 4. The average Bonchev–Trinajstić information content (AvgIpc) is 3.84. The highest BCUT2D eigenvalue weighted by Crippen LogP contribution is 2.61. The Balaban J connectivity index is 1.07. The molecule has 62 heavy (non-hydrogen) atoms. The number of fused-ring (bicyclic) bond motifs is 15. The van der Waals surface area contributed by atoms with Crippen LogP contribution in [0, 0.1) is 0 Å². The molecule has 3 nitrogen and oxygen atoms in total. The highest BCUT2D eigenvalue weighted by atomic mass is 32.1. The summed E-state index contributed by atoms with van der Waals surface area (Å²) in [6, 6.07) is 77.0. The maximum Gasteiger partial charge on any atom is 0.164 e. The standard InChI is InChI=1S/C58H35N3S/c1-2-15-36(16-3-1)37-17-14-18-38(33-37)55-59-56(61-57(60-55)40-30-32-48-47-24-9-13-28-53(47)62-54(48)35-40)39-29-31-46-45-23-8-12-27-51(45)58(52(46)34-39)49-25-10-6-21-43(49)41-19-4-5-20-42(41)44-22-7-11-26-50(44)58/h1-35H. The zero-order valence-electron chi connectivity index (χ0n) is 33.5. The van der Waals surface area contributed by atoms with E-state index in [2.05, 4.69) is 212 Å². The molecule has 0 saturated carbocycles. The predicted molar refractivity (Wildman–Crippen MR) is 256 cm³/mol. The second kappa shape index (κ2) is 13.6. The number of hydrogen-bond acceptors (Lipinski definition) is 4. The zero-order chi connectivity index (χ0) is 40.8.